The van der Waals surface area contributed by atoms with Crippen LogP contribution in [0.2, 0.25) is 0 Å². The largest absolute Gasteiger partial charge is 0.465 e. The van der Waals surface area contributed by atoms with Gasteiger partial charge in [0, 0.05) is 29.7 Å². The van der Waals surface area contributed by atoms with Crippen molar-refractivity contribution in [3.8, 4) is 0 Å². The highest BCUT2D eigenvalue weighted by atomic mass is 16.5. The van der Waals surface area contributed by atoms with Gasteiger partial charge in [-0.3, -0.25) is 4.99 Å². The smallest absolute Gasteiger partial charge is 0.338 e. The van der Waals surface area contributed by atoms with Gasteiger partial charge in [0.05, 0.1) is 18.4 Å². The summed E-state index contributed by atoms with van der Waals surface area (Å²) in [5, 5.41) is 0. The minimum Gasteiger partial charge on any atom is -0.465 e. The highest BCUT2D eigenvalue weighted by Crippen LogP contribution is 2.23. The van der Waals surface area contributed by atoms with E-state index in [0.717, 1.165) is 23.4 Å². The Morgan fingerprint density at radius 1 is 1.32 bits per heavy atom. The molecule has 4 heteroatoms. The van der Waals surface area contributed by atoms with Crippen LogP contribution in [0.15, 0.2) is 29.3 Å². The van der Waals surface area contributed by atoms with Crippen molar-refractivity contribution in [1.82, 2.24) is 4.57 Å². The number of benzene rings is 1. The van der Waals surface area contributed by atoms with E-state index in [2.05, 4.69) is 36.4 Å². The average molecular weight is 298 g/mol. The number of aliphatic imine (C=N–C) groups is 1. The monoisotopic (exact) mass is 298 g/mol. The van der Waals surface area contributed by atoms with Crippen LogP contribution in [0.4, 0.5) is 5.69 Å². The molecule has 2 aromatic rings. The molecule has 0 aliphatic rings. The molecule has 0 aliphatic heterocycles. The van der Waals surface area contributed by atoms with Crippen molar-refractivity contribution in [3.63, 3.8) is 0 Å². The van der Waals surface area contributed by atoms with E-state index >= 15 is 0 Å². The van der Waals surface area contributed by atoms with E-state index in [4.69, 9.17) is 4.74 Å². The Labute approximate surface area is 131 Å². The van der Waals surface area contributed by atoms with Gasteiger partial charge in [-0.05, 0) is 51.5 Å². The molecule has 0 saturated carbocycles. The Bertz CT molecular complexity index is 727. The van der Waals surface area contributed by atoms with Crippen LogP contribution in [0, 0.1) is 20.8 Å². The lowest BCUT2D eigenvalue weighted by Gasteiger charge is -2.06. The molecule has 0 N–H and O–H groups in total. The van der Waals surface area contributed by atoms with E-state index in [1.807, 2.05) is 25.3 Å². The molecule has 0 amide bonds. The molecule has 0 unspecified atom stereocenters. The van der Waals surface area contributed by atoms with Crippen molar-refractivity contribution >= 4 is 17.9 Å². The quantitative estimate of drug-likeness (QED) is 0.633. The van der Waals surface area contributed by atoms with E-state index in [0.29, 0.717) is 5.56 Å². The number of carbonyl (C=O) groups is 1. The van der Waals surface area contributed by atoms with Gasteiger partial charge in [-0.25, -0.2) is 4.79 Å². The van der Waals surface area contributed by atoms with E-state index in [1.54, 1.807) is 6.07 Å². The van der Waals surface area contributed by atoms with Gasteiger partial charge in [0.1, 0.15) is 0 Å². The van der Waals surface area contributed by atoms with E-state index in [1.165, 1.54) is 18.5 Å². The Hall–Kier alpha value is -2.36. The fraction of sp³-hybridized carbons (Fsp3) is 0.333. The summed E-state index contributed by atoms with van der Waals surface area (Å²) in [6.07, 6.45) is 1.86. The van der Waals surface area contributed by atoms with Crippen LogP contribution in [0.1, 0.15) is 39.8 Å². The Kier molecular flexibility index (Phi) is 4.81. The molecule has 0 bridgehead atoms. The van der Waals surface area contributed by atoms with Crippen LogP contribution in [-0.2, 0) is 11.3 Å². The Morgan fingerprint density at radius 2 is 2.05 bits per heavy atom. The van der Waals surface area contributed by atoms with Crippen LogP contribution in [-0.4, -0.2) is 23.9 Å². The van der Waals surface area contributed by atoms with Gasteiger partial charge in [0.2, 0.25) is 0 Å². The molecule has 0 saturated heterocycles. The molecule has 1 aromatic heterocycles. The van der Waals surface area contributed by atoms with Crippen LogP contribution < -0.4 is 0 Å². The second-order valence-electron chi connectivity index (χ2n) is 5.27. The lowest BCUT2D eigenvalue weighted by Crippen LogP contribution is -2.03. The molecule has 0 fully saturated rings. The standard InChI is InChI=1S/C18H22N2O2/c1-6-20-12(2)10-15(14(20)4)11-19-17-9-7-8-16(13(17)3)18(21)22-5/h7-11H,6H2,1-5H3. The summed E-state index contributed by atoms with van der Waals surface area (Å²) in [7, 11) is 1.39. The van der Waals surface area contributed by atoms with Crippen molar-refractivity contribution < 1.29 is 9.53 Å². The lowest BCUT2D eigenvalue weighted by atomic mass is 10.1. The number of esters is 1. The highest BCUT2D eigenvalue weighted by molar-refractivity contribution is 5.93. The summed E-state index contributed by atoms with van der Waals surface area (Å²) in [5.41, 5.74) is 5.68. The molecule has 2 rings (SSSR count). The molecule has 4 nitrogen and oxygen atoms in total. The first kappa shape index (κ1) is 16.0. The predicted octanol–water partition coefficient (Wildman–Crippen LogP) is 3.97. The van der Waals surface area contributed by atoms with Crippen LogP contribution in [0.5, 0.6) is 0 Å². The van der Waals surface area contributed by atoms with Crippen LogP contribution in [0.3, 0.4) is 0 Å². The summed E-state index contributed by atoms with van der Waals surface area (Å²) >= 11 is 0. The minimum atomic E-state index is -0.335. The third-order valence-corrected chi connectivity index (χ3v) is 3.98. The average Bonchev–Trinajstić information content (AvgIpc) is 2.79. The van der Waals surface area contributed by atoms with Gasteiger partial charge in [0.15, 0.2) is 0 Å². The fourth-order valence-corrected chi connectivity index (χ4v) is 2.68. The second-order valence-corrected chi connectivity index (χ2v) is 5.27. The maximum atomic E-state index is 11.7. The summed E-state index contributed by atoms with van der Waals surface area (Å²) < 4.78 is 7.04. The molecule has 1 aromatic carbocycles. The van der Waals surface area contributed by atoms with E-state index < -0.39 is 0 Å². The Balaban J connectivity index is 2.37. The molecule has 0 radical (unpaired) electrons. The molecule has 0 atom stereocenters. The topological polar surface area (TPSA) is 43.6 Å². The predicted molar refractivity (Wildman–Crippen MR) is 89.4 cm³/mol. The maximum Gasteiger partial charge on any atom is 0.338 e. The number of hydrogen-bond acceptors (Lipinski definition) is 3. The number of nitrogens with zero attached hydrogens (tertiary/aromatic N) is 2. The third kappa shape index (κ3) is 2.96. The third-order valence-electron chi connectivity index (χ3n) is 3.98. The summed E-state index contributed by atoms with van der Waals surface area (Å²) in [6.45, 7) is 9.15. The van der Waals surface area contributed by atoms with Crippen molar-refractivity contribution in [2.75, 3.05) is 7.11 Å². The first-order valence-electron chi connectivity index (χ1n) is 7.38. The number of rotatable bonds is 4. The zero-order valence-electron chi connectivity index (χ0n) is 13.8. The first-order chi connectivity index (χ1) is 10.5. The van der Waals surface area contributed by atoms with E-state index in [-0.39, 0.29) is 5.97 Å². The molecular formula is C18H22N2O2. The van der Waals surface area contributed by atoms with Gasteiger partial charge >= 0.3 is 5.97 Å². The number of ether oxygens (including phenoxy) is 1. The zero-order chi connectivity index (χ0) is 16.3. The molecular weight excluding hydrogens is 276 g/mol. The second kappa shape index (κ2) is 6.60. The van der Waals surface area contributed by atoms with Crippen LogP contribution >= 0.6 is 0 Å². The number of aromatic nitrogens is 1. The number of aryl methyl sites for hydroxylation is 1. The number of hydrogen-bond donors (Lipinski definition) is 0. The summed E-state index contributed by atoms with van der Waals surface area (Å²) in [6, 6.07) is 7.60. The number of carbonyl (C=O) groups excluding carboxylic acids is 1. The molecule has 22 heavy (non-hydrogen) atoms. The highest BCUT2D eigenvalue weighted by Gasteiger charge is 2.11. The Morgan fingerprint density at radius 3 is 2.64 bits per heavy atom. The normalized spacial score (nSPS) is 11.1. The fourth-order valence-electron chi connectivity index (χ4n) is 2.68. The summed E-state index contributed by atoms with van der Waals surface area (Å²) in [5.74, 6) is -0.335. The molecule has 1 heterocycles. The lowest BCUT2D eigenvalue weighted by molar-refractivity contribution is 0.0600. The molecule has 0 aliphatic carbocycles. The van der Waals surface area contributed by atoms with Gasteiger partial charge in [-0.1, -0.05) is 6.07 Å². The van der Waals surface area contributed by atoms with Crippen molar-refractivity contribution in [2.45, 2.75) is 34.2 Å². The SMILES string of the molecule is CCn1c(C)cc(C=Nc2cccc(C(=O)OC)c2C)c1C. The maximum absolute atomic E-state index is 11.7. The van der Waals surface area contributed by atoms with Gasteiger partial charge in [0.25, 0.3) is 0 Å². The number of methoxy groups -OCH3 is 1. The van der Waals surface area contributed by atoms with Gasteiger partial charge < -0.3 is 9.30 Å². The minimum absolute atomic E-state index is 0.335. The first-order valence-corrected chi connectivity index (χ1v) is 7.38. The van der Waals surface area contributed by atoms with E-state index in [9.17, 15) is 4.79 Å². The molecule has 0 spiro atoms. The molecule has 116 valence electrons. The van der Waals surface area contributed by atoms with Gasteiger partial charge in [-0.2, -0.15) is 0 Å². The zero-order valence-corrected chi connectivity index (χ0v) is 13.8. The van der Waals surface area contributed by atoms with Gasteiger partial charge in [-0.15, -0.1) is 0 Å². The van der Waals surface area contributed by atoms with Crippen LogP contribution in [0.25, 0.3) is 0 Å². The van der Waals surface area contributed by atoms with Crippen molar-refractivity contribution in [1.29, 1.82) is 0 Å². The van der Waals surface area contributed by atoms with Crippen molar-refractivity contribution in [2.24, 2.45) is 4.99 Å². The summed E-state index contributed by atoms with van der Waals surface area (Å²) in [4.78, 5) is 16.3. The van der Waals surface area contributed by atoms with Crippen molar-refractivity contribution in [3.05, 3.63) is 52.3 Å².